The van der Waals surface area contributed by atoms with Crippen molar-refractivity contribution in [3.05, 3.63) is 63.9 Å². The van der Waals surface area contributed by atoms with Gasteiger partial charge in [0.1, 0.15) is 5.15 Å². The Bertz CT molecular complexity index is 852. The molecular weight excluding hydrogens is 386 g/mol. The number of pyridine rings is 1. The molecule has 1 aromatic carbocycles. The number of hydrogen-bond acceptors (Lipinski definition) is 4. The van der Waals surface area contributed by atoms with Gasteiger partial charge in [0, 0.05) is 17.8 Å². The van der Waals surface area contributed by atoms with Crippen LogP contribution < -0.4 is 5.43 Å². The molecule has 0 bridgehead atoms. The minimum absolute atomic E-state index is 0.0634. The molecule has 0 saturated carbocycles. The van der Waals surface area contributed by atoms with Gasteiger partial charge in [0.25, 0.3) is 11.8 Å². The minimum atomic E-state index is -0.455. The molecule has 2 amide bonds. The fourth-order valence-corrected chi connectivity index (χ4v) is 3.32. The van der Waals surface area contributed by atoms with Crippen LogP contribution in [-0.2, 0) is 0 Å². The third-order valence-corrected chi connectivity index (χ3v) is 4.98. The van der Waals surface area contributed by atoms with Crippen LogP contribution in [0.1, 0.15) is 72.4 Å². The van der Waals surface area contributed by atoms with Gasteiger partial charge in [-0.25, -0.2) is 15.4 Å². The number of benzene rings is 1. The number of carbonyl (C=O) groups is 2. The molecule has 1 aromatic heterocycles. The van der Waals surface area contributed by atoms with Gasteiger partial charge in [-0.1, -0.05) is 62.9 Å². The number of aryl methyl sites for hydroxylation is 2. The van der Waals surface area contributed by atoms with E-state index in [9.17, 15) is 9.59 Å². The second kappa shape index (κ2) is 9.51. The fourth-order valence-electron chi connectivity index (χ4n) is 3.20. The number of halogens is 1. The lowest BCUT2D eigenvalue weighted by molar-refractivity contribution is 0.0425. The average molecular weight is 416 g/mol. The molecule has 2 rings (SSSR count). The van der Waals surface area contributed by atoms with Gasteiger partial charge in [-0.3, -0.25) is 9.59 Å². The number of nitrogens with zero attached hydrogens (tertiary/aromatic N) is 2. The zero-order valence-electron chi connectivity index (χ0n) is 18.0. The van der Waals surface area contributed by atoms with Crippen molar-refractivity contribution in [1.82, 2.24) is 15.4 Å². The van der Waals surface area contributed by atoms with Crippen LogP contribution in [0.5, 0.6) is 0 Å². The topological polar surface area (TPSA) is 62.3 Å². The molecule has 1 N–H and O–H groups in total. The van der Waals surface area contributed by atoms with Crippen molar-refractivity contribution in [3.8, 4) is 0 Å². The quantitative estimate of drug-likeness (QED) is 0.392. The summed E-state index contributed by atoms with van der Waals surface area (Å²) >= 11 is 5.86. The molecule has 1 atom stereocenters. The number of hydrogen-bond donors (Lipinski definition) is 1. The average Bonchev–Trinajstić information content (AvgIpc) is 2.63. The summed E-state index contributed by atoms with van der Waals surface area (Å²) in [5.74, 6) is -0.842. The second-order valence-corrected chi connectivity index (χ2v) is 8.92. The first kappa shape index (κ1) is 23.0. The number of imide groups is 1. The van der Waals surface area contributed by atoms with Crippen LogP contribution in [0.3, 0.4) is 0 Å². The molecule has 0 unspecified atom stereocenters. The molecule has 0 aliphatic carbocycles. The maximum absolute atomic E-state index is 13.4. The molecular formula is C23H30ClN3O2. The predicted molar refractivity (Wildman–Crippen MR) is 117 cm³/mol. The van der Waals surface area contributed by atoms with Crippen LogP contribution in [0.25, 0.3) is 0 Å². The number of nitrogens with one attached hydrogen (secondary N) is 1. The molecule has 29 heavy (non-hydrogen) atoms. The SMILES string of the molecule is CCC[C@H](NN(C(=O)c1ccc(Cl)nc1)C(=O)c1cc(C)cc(C)c1)C(C)(C)C. The number of amides is 2. The molecule has 6 heteroatoms. The van der Waals surface area contributed by atoms with E-state index in [2.05, 4.69) is 38.1 Å². The molecule has 1 heterocycles. The number of rotatable bonds is 6. The van der Waals surface area contributed by atoms with Crippen LogP contribution in [0.2, 0.25) is 5.15 Å². The highest BCUT2D eigenvalue weighted by atomic mass is 35.5. The number of aromatic nitrogens is 1. The zero-order chi connectivity index (χ0) is 21.8. The van der Waals surface area contributed by atoms with Crippen molar-refractivity contribution in [2.45, 2.75) is 60.4 Å². The Labute approximate surface area is 178 Å². The summed E-state index contributed by atoms with van der Waals surface area (Å²) in [6, 6.07) is 8.64. The summed E-state index contributed by atoms with van der Waals surface area (Å²) in [5, 5.41) is 1.42. The van der Waals surface area contributed by atoms with E-state index in [1.54, 1.807) is 24.3 Å². The summed E-state index contributed by atoms with van der Waals surface area (Å²) in [4.78, 5) is 30.6. The lowest BCUT2D eigenvalue weighted by Crippen LogP contribution is -2.55. The van der Waals surface area contributed by atoms with Gasteiger partial charge >= 0.3 is 0 Å². The van der Waals surface area contributed by atoms with E-state index < -0.39 is 5.91 Å². The van der Waals surface area contributed by atoms with Gasteiger partial charge in [-0.2, -0.15) is 0 Å². The van der Waals surface area contributed by atoms with Gasteiger partial charge in [0.2, 0.25) is 0 Å². The molecule has 0 saturated heterocycles. The second-order valence-electron chi connectivity index (χ2n) is 8.53. The standard InChI is InChI=1S/C23H30ClN3O2/c1-7-8-19(23(4,5)6)26-27(21(28)17-9-10-20(24)25-14-17)22(29)18-12-15(2)11-16(3)13-18/h9-14,19,26H,7-8H2,1-6H3/t19-/m0/s1. The monoisotopic (exact) mass is 415 g/mol. The molecule has 0 fully saturated rings. The van der Waals surface area contributed by atoms with Gasteiger partial charge in [0.15, 0.2) is 0 Å². The van der Waals surface area contributed by atoms with E-state index in [1.165, 1.54) is 6.20 Å². The van der Waals surface area contributed by atoms with Gasteiger partial charge in [-0.05, 0) is 49.9 Å². The highest BCUT2D eigenvalue weighted by molar-refractivity contribution is 6.29. The maximum atomic E-state index is 13.4. The fraction of sp³-hybridized carbons (Fsp3) is 0.435. The molecule has 0 aliphatic rings. The third kappa shape index (κ3) is 6.12. The summed E-state index contributed by atoms with van der Waals surface area (Å²) in [6.07, 6.45) is 3.14. The van der Waals surface area contributed by atoms with E-state index in [1.807, 2.05) is 19.9 Å². The summed E-state index contributed by atoms with van der Waals surface area (Å²) < 4.78 is 0. The first-order chi connectivity index (χ1) is 13.5. The van der Waals surface area contributed by atoms with Crippen LogP contribution in [0.15, 0.2) is 36.5 Å². The largest absolute Gasteiger partial charge is 0.276 e. The molecule has 0 aliphatic heterocycles. The highest BCUT2D eigenvalue weighted by Gasteiger charge is 2.32. The van der Waals surface area contributed by atoms with Crippen molar-refractivity contribution in [1.29, 1.82) is 0 Å². The molecule has 0 radical (unpaired) electrons. The Kier molecular flexibility index (Phi) is 7.55. The smallest absolute Gasteiger partial charge is 0.267 e. The van der Waals surface area contributed by atoms with E-state index in [0.717, 1.165) is 29.0 Å². The lowest BCUT2D eigenvalue weighted by Gasteiger charge is -2.35. The van der Waals surface area contributed by atoms with Crippen LogP contribution in [0.4, 0.5) is 0 Å². The molecule has 2 aromatic rings. The van der Waals surface area contributed by atoms with Crippen molar-refractivity contribution < 1.29 is 9.59 Å². The predicted octanol–water partition coefficient (Wildman–Crippen LogP) is 5.35. The van der Waals surface area contributed by atoms with Gasteiger partial charge in [-0.15, -0.1) is 0 Å². The Hall–Kier alpha value is -2.24. The minimum Gasteiger partial charge on any atom is -0.267 e. The van der Waals surface area contributed by atoms with Gasteiger partial charge in [0.05, 0.1) is 5.56 Å². The van der Waals surface area contributed by atoms with E-state index in [4.69, 9.17) is 11.6 Å². The lowest BCUT2D eigenvalue weighted by atomic mass is 9.84. The maximum Gasteiger partial charge on any atom is 0.276 e. The number of hydrazine groups is 1. The highest BCUT2D eigenvalue weighted by Crippen LogP contribution is 2.24. The van der Waals surface area contributed by atoms with Crippen LogP contribution in [0, 0.1) is 19.3 Å². The van der Waals surface area contributed by atoms with Crippen molar-refractivity contribution >= 4 is 23.4 Å². The van der Waals surface area contributed by atoms with Crippen LogP contribution in [-0.4, -0.2) is 27.8 Å². The zero-order valence-corrected chi connectivity index (χ0v) is 18.8. The molecule has 0 spiro atoms. The first-order valence-corrected chi connectivity index (χ1v) is 10.3. The van der Waals surface area contributed by atoms with Crippen molar-refractivity contribution in [3.63, 3.8) is 0 Å². The first-order valence-electron chi connectivity index (χ1n) is 9.87. The summed E-state index contributed by atoms with van der Waals surface area (Å²) in [5.41, 5.74) is 5.77. The Morgan fingerprint density at radius 1 is 1.07 bits per heavy atom. The Morgan fingerprint density at radius 3 is 2.14 bits per heavy atom. The summed E-state index contributed by atoms with van der Waals surface area (Å²) in [7, 11) is 0. The number of carbonyl (C=O) groups excluding carboxylic acids is 2. The van der Waals surface area contributed by atoms with E-state index in [0.29, 0.717) is 16.3 Å². The van der Waals surface area contributed by atoms with Crippen LogP contribution >= 0.6 is 11.6 Å². The molecule has 5 nitrogen and oxygen atoms in total. The third-order valence-electron chi connectivity index (χ3n) is 4.76. The van der Waals surface area contributed by atoms with E-state index >= 15 is 0 Å². The molecule has 156 valence electrons. The Balaban J connectivity index is 2.47. The normalized spacial score (nSPS) is 12.5. The Morgan fingerprint density at radius 2 is 1.66 bits per heavy atom. The van der Waals surface area contributed by atoms with Gasteiger partial charge < -0.3 is 0 Å². The van der Waals surface area contributed by atoms with Crippen molar-refractivity contribution in [2.24, 2.45) is 5.41 Å². The summed E-state index contributed by atoms with van der Waals surface area (Å²) in [6.45, 7) is 12.2. The van der Waals surface area contributed by atoms with E-state index in [-0.39, 0.29) is 17.4 Å². The van der Waals surface area contributed by atoms with Crippen molar-refractivity contribution in [2.75, 3.05) is 0 Å².